The lowest BCUT2D eigenvalue weighted by Crippen LogP contribution is -2.52. The molecule has 60 heavy (non-hydrogen) atoms. The summed E-state index contributed by atoms with van der Waals surface area (Å²) < 4.78 is 30.8. The van der Waals surface area contributed by atoms with Gasteiger partial charge in [-0.25, -0.2) is 23.9 Å². The lowest BCUT2D eigenvalue weighted by atomic mass is 9.92. The van der Waals surface area contributed by atoms with Gasteiger partial charge in [-0.15, -0.1) is 0 Å². The topological polar surface area (TPSA) is 184 Å². The van der Waals surface area contributed by atoms with Crippen LogP contribution in [-0.2, 0) is 25.7 Å². The smallest absolute Gasteiger partial charge is 0.407 e. The van der Waals surface area contributed by atoms with Crippen molar-refractivity contribution < 1.29 is 37.8 Å². The van der Waals surface area contributed by atoms with Crippen LogP contribution in [0.25, 0.3) is 44.2 Å². The predicted octanol–water partition coefficient (Wildman–Crippen LogP) is 7.09. The van der Waals surface area contributed by atoms with Gasteiger partial charge in [-0.3, -0.25) is 9.59 Å². The Morgan fingerprint density at radius 3 is 2.28 bits per heavy atom. The van der Waals surface area contributed by atoms with Crippen LogP contribution in [-0.4, -0.2) is 98.8 Å². The second-order valence-electron chi connectivity index (χ2n) is 16.7. The third-order valence-electron chi connectivity index (χ3n) is 12.1. The maximum absolute atomic E-state index is 14.9. The number of benzene rings is 3. The molecule has 3 aliphatic heterocycles. The summed E-state index contributed by atoms with van der Waals surface area (Å²) in [5.74, 6) is 0.945. The van der Waals surface area contributed by atoms with Gasteiger partial charge in [-0.1, -0.05) is 45.9 Å². The minimum atomic E-state index is -1.24. The molecular formula is C44H51FN8O7. The molecule has 4 amide bonds. The van der Waals surface area contributed by atoms with Crippen LogP contribution >= 0.6 is 0 Å². The summed E-state index contributed by atoms with van der Waals surface area (Å²) in [7, 11) is 2.52. The molecule has 5 heterocycles. The highest BCUT2D eigenvalue weighted by molar-refractivity contribution is 6.07. The number of nitrogens with zero attached hydrogens (tertiary/aromatic N) is 4. The Morgan fingerprint density at radius 2 is 1.58 bits per heavy atom. The highest BCUT2D eigenvalue weighted by Gasteiger charge is 2.43. The van der Waals surface area contributed by atoms with E-state index in [9.17, 15) is 23.6 Å². The molecule has 0 bridgehead atoms. The average molecular weight is 823 g/mol. The first-order chi connectivity index (χ1) is 28.8. The van der Waals surface area contributed by atoms with Crippen molar-refractivity contribution in [3.63, 3.8) is 0 Å². The van der Waals surface area contributed by atoms with Crippen LogP contribution in [0.5, 0.6) is 5.75 Å². The minimum Gasteiger partial charge on any atom is -0.488 e. The lowest BCUT2D eigenvalue weighted by molar-refractivity contribution is -0.137. The van der Waals surface area contributed by atoms with Crippen molar-refractivity contribution >= 4 is 45.8 Å². The molecule has 0 radical (unpaired) electrons. The summed E-state index contributed by atoms with van der Waals surface area (Å²) in [4.78, 5) is 71.5. The van der Waals surface area contributed by atoms with Crippen LogP contribution in [0.15, 0.2) is 48.7 Å². The molecule has 0 aliphatic carbocycles. The number of halogens is 1. The normalized spacial score (nSPS) is 20.8. The van der Waals surface area contributed by atoms with Crippen molar-refractivity contribution in [2.75, 3.05) is 20.8 Å². The zero-order valence-corrected chi connectivity index (χ0v) is 34.8. The molecule has 6 atom stereocenters. The van der Waals surface area contributed by atoms with Crippen molar-refractivity contribution in [2.24, 2.45) is 11.8 Å². The van der Waals surface area contributed by atoms with Gasteiger partial charge in [0, 0.05) is 23.4 Å². The van der Waals surface area contributed by atoms with Gasteiger partial charge < -0.3 is 44.6 Å². The SMILES string of the molecule is COC(=O)N[C@H](C(=O)N1C[C@@H](F)CC1c1ncc(-c2ccc3c(c2)COc2cc4c(ccc5[nH]c(C6CC[C@H](C)N6C(=O)[C@@H](NC(=O)OC)C(C)C)nc54)cc2-3)[nH]1)C(C)C. The zero-order chi connectivity index (χ0) is 42.6. The molecular weight excluding hydrogens is 772 g/mol. The van der Waals surface area contributed by atoms with Crippen LogP contribution in [0.4, 0.5) is 14.0 Å². The quantitative estimate of drug-likeness (QED) is 0.121. The van der Waals surface area contributed by atoms with E-state index in [-0.39, 0.29) is 42.8 Å². The molecule has 3 aromatic carbocycles. The van der Waals surface area contributed by atoms with E-state index in [0.717, 1.165) is 62.7 Å². The number of rotatable bonds is 9. The molecule has 0 spiro atoms. The number of carbonyl (C=O) groups excluding carboxylic acids is 4. The monoisotopic (exact) mass is 822 g/mol. The minimum absolute atomic E-state index is 0.0391. The number of carbonyl (C=O) groups is 4. The van der Waals surface area contributed by atoms with Crippen LogP contribution in [0.3, 0.4) is 0 Å². The molecule has 2 saturated heterocycles. The lowest BCUT2D eigenvalue weighted by Gasteiger charge is -2.32. The average Bonchev–Trinajstić information content (AvgIpc) is 4.05. The highest BCUT2D eigenvalue weighted by Crippen LogP contribution is 2.44. The molecule has 2 fully saturated rings. The number of imidazole rings is 2. The summed E-state index contributed by atoms with van der Waals surface area (Å²) in [5.41, 5.74) is 6.17. The second kappa shape index (κ2) is 16.1. The van der Waals surface area contributed by atoms with E-state index in [2.05, 4.69) is 43.8 Å². The summed E-state index contributed by atoms with van der Waals surface area (Å²) >= 11 is 0. The van der Waals surface area contributed by atoms with E-state index in [1.807, 2.05) is 63.8 Å². The molecule has 3 aliphatic rings. The van der Waals surface area contributed by atoms with E-state index >= 15 is 0 Å². The van der Waals surface area contributed by atoms with Gasteiger partial charge in [0.1, 0.15) is 42.3 Å². The van der Waals surface area contributed by atoms with Crippen LogP contribution < -0.4 is 15.4 Å². The van der Waals surface area contributed by atoms with Crippen molar-refractivity contribution in [2.45, 2.75) is 96.9 Å². The first kappa shape index (κ1) is 40.6. The number of aromatic nitrogens is 4. The Morgan fingerprint density at radius 1 is 0.867 bits per heavy atom. The number of aromatic amines is 2. The van der Waals surface area contributed by atoms with Crippen molar-refractivity contribution in [3.8, 4) is 28.1 Å². The Kier molecular flexibility index (Phi) is 10.9. The number of likely N-dealkylation sites (tertiary alicyclic amines) is 2. The number of nitrogens with one attached hydrogen (secondary N) is 4. The van der Waals surface area contributed by atoms with Gasteiger partial charge in [0.15, 0.2) is 0 Å². The maximum atomic E-state index is 14.9. The third-order valence-corrected chi connectivity index (χ3v) is 12.1. The number of alkyl halides is 1. The highest BCUT2D eigenvalue weighted by atomic mass is 19.1. The Bertz CT molecular complexity index is 2480. The van der Waals surface area contributed by atoms with E-state index in [1.54, 1.807) is 6.20 Å². The molecule has 4 N–H and O–H groups in total. The number of H-pyrrole nitrogens is 2. The van der Waals surface area contributed by atoms with Crippen LogP contribution in [0.1, 0.15) is 83.2 Å². The molecule has 16 heteroatoms. The van der Waals surface area contributed by atoms with Crippen molar-refractivity contribution in [1.29, 1.82) is 0 Å². The number of alkyl carbamates (subject to hydrolysis) is 2. The fourth-order valence-electron chi connectivity index (χ4n) is 8.93. The summed E-state index contributed by atoms with van der Waals surface area (Å²) in [6.07, 6.45) is 0.707. The first-order valence-electron chi connectivity index (χ1n) is 20.5. The Labute approximate surface area is 346 Å². The fourth-order valence-corrected chi connectivity index (χ4v) is 8.93. The molecule has 2 unspecified atom stereocenters. The van der Waals surface area contributed by atoms with Gasteiger partial charge in [0.25, 0.3) is 0 Å². The molecule has 2 aromatic heterocycles. The third kappa shape index (κ3) is 7.36. The summed E-state index contributed by atoms with van der Waals surface area (Å²) in [6.45, 7) is 9.67. The zero-order valence-electron chi connectivity index (χ0n) is 34.8. The standard InChI is InChI=1S/C44H51FN8O7/c1-21(2)36(50-43(56)58-6)41(54)52-19-27(45)16-34(52)39-46-18-32(48-39)25-9-11-28-26(14-25)20-60-35-17-29-24(15-30(28)35)10-12-31-38(29)49-40(47-31)33-13-8-23(5)53(33)42(55)37(22(3)4)51-44(57)59-7/h9-12,14-15,17-18,21-23,27,33-34,36-37H,8,13,16,19-20H2,1-7H3,(H,46,48)(H,47,49)(H,50,56)(H,51,57)/t23-,27-,33?,34?,36-,37-/m0/s1. The van der Waals surface area contributed by atoms with Gasteiger partial charge in [0.2, 0.25) is 11.8 Å². The summed E-state index contributed by atoms with van der Waals surface area (Å²) in [5, 5.41) is 7.23. The number of hydrogen-bond donors (Lipinski definition) is 4. The molecule has 316 valence electrons. The predicted molar refractivity (Wildman–Crippen MR) is 222 cm³/mol. The maximum Gasteiger partial charge on any atom is 0.407 e. The number of methoxy groups -OCH3 is 2. The van der Waals surface area contributed by atoms with Crippen LogP contribution in [0, 0.1) is 11.8 Å². The van der Waals surface area contributed by atoms with E-state index in [0.29, 0.717) is 23.9 Å². The van der Waals surface area contributed by atoms with Crippen LogP contribution in [0.2, 0.25) is 0 Å². The molecule has 8 rings (SSSR count). The first-order valence-corrected chi connectivity index (χ1v) is 20.5. The Balaban J connectivity index is 1.05. The largest absolute Gasteiger partial charge is 0.488 e. The van der Waals surface area contributed by atoms with Crippen molar-refractivity contribution in [3.05, 3.63) is 65.9 Å². The fraction of sp³-hybridized carbons (Fsp3) is 0.455. The second-order valence-corrected chi connectivity index (χ2v) is 16.7. The van der Waals surface area contributed by atoms with E-state index in [1.165, 1.54) is 19.1 Å². The molecule has 5 aromatic rings. The van der Waals surface area contributed by atoms with Gasteiger partial charge in [-0.2, -0.15) is 0 Å². The molecule has 15 nitrogen and oxygen atoms in total. The number of fused-ring (bicyclic) bond motifs is 6. The molecule has 0 saturated carbocycles. The Hall–Kier alpha value is -6.19. The van der Waals surface area contributed by atoms with Gasteiger partial charge in [0.05, 0.1) is 55.8 Å². The number of ether oxygens (including phenoxy) is 3. The van der Waals surface area contributed by atoms with E-state index in [4.69, 9.17) is 19.2 Å². The number of amides is 4. The van der Waals surface area contributed by atoms with E-state index < -0.39 is 42.4 Å². The number of hydrogen-bond acceptors (Lipinski definition) is 9. The summed E-state index contributed by atoms with van der Waals surface area (Å²) in [6, 6.07) is 11.7. The van der Waals surface area contributed by atoms with Gasteiger partial charge in [-0.05, 0) is 77.9 Å². The van der Waals surface area contributed by atoms with Gasteiger partial charge >= 0.3 is 12.2 Å². The van der Waals surface area contributed by atoms with Crippen molar-refractivity contribution in [1.82, 2.24) is 40.4 Å².